The molecule has 0 aliphatic heterocycles. The Labute approximate surface area is 133 Å². The van der Waals surface area contributed by atoms with Crippen LogP contribution in [0.4, 0.5) is 0 Å². The summed E-state index contributed by atoms with van der Waals surface area (Å²) in [6, 6.07) is 13.1. The summed E-state index contributed by atoms with van der Waals surface area (Å²) >= 11 is 0. The lowest BCUT2D eigenvalue weighted by atomic mass is 10.0. The van der Waals surface area contributed by atoms with Crippen LogP contribution in [0.3, 0.4) is 0 Å². The molecule has 0 aromatic heterocycles. The molecule has 0 heterocycles. The van der Waals surface area contributed by atoms with Gasteiger partial charge in [-0.05, 0) is 28.8 Å². The third kappa shape index (κ3) is 5.07. The lowest BCUT2D eigenvalue weighted by Crippen LogP contribution is -2.07. The van der Waals surface area contributed by atoms with Crippen LogP contribution in [0.25, 0.3) is 0 Å². The Kier molecular flexibility index (Phi) is 5.25. The maximum atomic E-state index is 12.1. The summed E-state index contributed by atoms with van der Waals surface area (Å²) in [5.41, 5.74) is 2.47. The van der Waals surface area contributed by atoms with Crippen molar-refractivity contribution >= 4 is 17.7 Å². The van der Waals surface area contributed by atoms with E-state index in [1.165, 1.54) is 12.1 Å². The van der Waals surface area contributed by atoms with Gasteiger partial charge >= 0.3 is 11.9 Å². The van der Waals surface area contributed by atoms with Crippen molar-refractivity contribution in [3.05, 3.63) is 70.8 Å². The predicted octanol–water partition coefficient (Wildman–Crippen LogP) is 2.37. The SMILES string of the molecule is O=C(O)Cc1ccc(CC(=O)Cc2ccc(C(=O)O)cc2)cc1. The van der Waals surface area contributed by atoms with Gasteiger partial charge in [-0.15, -0.1) is 0 Å². The molecule has 118 valence electrons. The van der Waals surface area contributed by atoms with Gasteiger partial charge in [-0.3, -0.25) is 9.59 Å². The number of benzene rings is 2. The number of carbonyl (C=O) groups is 3. The number of aromatic carboxylic acids is 1. The molecular weight excluding hydrogens is 296 g/mol. The fourth-order valence-electron chi connectivity index (χ4n) is 2.23. The smallest absolute Gasteiger partial charge is 0.335 e. The molecule has 5 nitrogen and oxygen atoms in total. The minimum absolute atomic E-state index is 0.0130. The van der Waals surface area contributed by atoms with E-state index in [1.54, 1.807) is 36.4 Å². The van der Waals surface area contributed by atoms with Crippen LogP contribution in [0.2, 0.25) is 0 Å². The van der Waals surface area contributed by atoms with Crippen LogP contribution in [0.15, 0.2) is 48.5 Å². The maximum Gasteiger partial charge on any atom is 0.335 e. The lowest BCUT2D eigenvalue weighted by Gasteiger charge is -2.04. The molecule has 0 fully saturated rings. The first-order valence-electron chi connectivity index (χ1n) is 7.07. The Hall–Kier alpha value is -2.95. The van der Waals surface area contributed by atoms with E-state index in [0.717, 1.165) is 11.1 Å². The molecule has 0 aliphatic rings. The summed E-state index contributed by atoms with van der Waals surface area (Å²) in [7, 11) is 0. The Morgan fingerprint density at radius 3 is 1.43 bits per heavy atom. The summed E-state index contributed by atoms with van der Waals surface area (Å²) in [4.78, 5) is 33.4. The van der Waals surface area contributed by atoms with Gasteiger partial charge in [-0.2, -0.15) is 0 Å². The number of hydrogen-bond acceptors (Lipinski definition) is 3. The third-order valence-corrected chi connectivity index (χ3v) is 3.38. The average molecular weight is 312 g/mol. The summed E-state index contributed by atoms with van der Waals surface area (Å²) in [6.07, 6.45) is 0.453. The second-order valence-corrected chi connectivity index (χ2v) is 5.28. The predicted molar refractivity (Wildman–Crippen MR) is 83.6 cm³/mol. The quantitative estimate of drug-likeness (QED) is 0.819. The van der Waals surface area contributed by atoms with E-state index < -0.39 is 11.9 Å². The van der Waals surface area contributed by atoms with Crippen LogP contribution in [-0.4, -0.2) is 27.9 Å². The summed E-state index contributed by atoms with van der Waals surface area (Å²) in [6.45, 7) is 0. The molecule has 23 heavy (non-hydrogen) atoms. The fourth-order valence-corrected chi connectivity index (χ4v) is 2.23. The van der Waals surface area contributed by atoms with Crippen molar-refractivity contribution in [2.24, 2.45) is 0 Å². The monoisotopic (exact) mass is 312 g/mol. The minimum atomic E-state index is -0.996. The molecule has 2 aromatic carbocycles. The molecule has 0 saturated carbocycles. The van der Waals surface area contributed by atoms with Crippen LogP contribution in [-0.2, 0) is 28.9 Å². The molecule has 2 rings (SSSR count). The molecule has 5 heteroatoms. The molecule has 2 N–H and O–H groups in total. The van der Waals surface area contributed by atoms with Gasteiger partial charge in [-0.25, -0.2) is 4.79 Å². The molecule has 0 atom stereocenters. The Balaban J connectivity index is 1.93. The van der Waals surface area contributed by atoms with Gasteiger partial charge < -0.3 is 10.2 Å². The van der Waals surface area contributed by atoms with Crippen molar-refractivity contribution < 1.29 is 24.6 Å². The van der Waals surface area contributed by atoms with Crippen LogP contribution >= 0.6 is 0 Å². The van der Waals surface area contributed by atoms with Crippen molar-refractivity contribution in [1.82, 2.24) is 0 Å². The average Bonchev–Trinajstić information content (AvgIpc) is 2.49. The zero-order valence-electron chi connectivity index (χ0n) is 12.4. The van der Waals surface area contributed by atoms with Crippen molar-refractivity contribution in [3.8, 4) is 0 Å². The minimum Gasteiger partial charge on any atom is -0.481 e. The van der Waals surface area contributed by atoms with Crippen molar-refractivity contribution in [2.45, 2.75) is 19.3 Å². The van der Waals surface area contributed by atoms with Crippen molar-refractivity contribution in [1.29, 1.82) is 0 Å². The number of carboxylic acid groups (broad SMARTS) is 2. The molecule has 0 amide bonds. The highest BCUT2D eigenvalue weighted by Gasteiger charge is 2.08. The third-order valence-electron chi connectivity index (χ3n) is 3.38. The molecule has 0 bridgehead atoms. The maximum absolute atomic E-state index is 12.1. The first kappa shape index (κ1) is 16.4. The van der Waals surface area contributed by atoms with Gasteiger partial charge in [0, 0.05) is 12.8 Å². The molecular formula is C18H16O5. The number of Topliss-reactive ketones (excluding diaryl/α,β-unsaturated/α-hetero) is 1. The van der Waals surface area contributed by atoms with Crippen LogP contribution in [0, 0.1) is 0 Å². The van der Waals surface area contributed by atoms with E-state index >= 15 is 0 Å². The number of carboxylic acids is 2. The summed E-state index contributed by atoms with van der Waals surface area (Å²) < 4.78 is 0. The zero-order valence-corrected chi connectivity index (χ0v) is 12.4. The molecule has 2 aromatic rings. The Morgan fingerprint density at radius 1 is 0.652 bits per heavy atom. The standard InChI is InChI=1S/C18H16O5/c19-16(10-13-5-7-15(8-6-13)18(22)23)9-12-1-3-14(4-2-12)11-17(20)21/h1-8H,9-11H2,(H,20,21)(H,22,23). The number of aliphatic carboxylic acids is 1. The lowest BCUT2D eigenvalue weighted by molar-refractivity contribution is -0.136. The highest BCUT2D eigenvalue weighted by molar-refractivity contribution is 5.88. The number of carbonyl (C=O) groups excluding carboxylic acids is 1. The zero-order chi connectivity index (χ0) is 16.8. The van der Waals surface area contributed by atoms with Crippen LogP contribution < -0.4 is 0 Å². The fraction of sp³-hybridized carbons (Fsp3) is 0.167. The van der Waals surface area contributed by atoms with Crippen LogP contribution in [0.1, 0.15) is 27.0 Å². The van der Waals surface area contributed by atoms with E-state index in [9.17, 15) is 14.4 Å². The van der Waals surface area contributed by atoms with Gasteiger partial charge in [0.05, 0.1) is 12.0 Å². The second-order valence-electron chi connectivity index (χ2n) is 5.28. The largest absolute Gasteiger partial charge is 0.481 e. The van der Waals surface area contributed by atoms with E-state index in [-0.39, 0.29) is 30.6 Å². The highest BCUT2D eigenvalue weighted by Crippen LogP contribution is 2.10. The topological polar surface area (TPSA) is 91.7 Å². The Bertz CT molecular complexity index is 714. The second kappa shape index (κ2) is 7.35. The van der Waals surface area contributed by atoms with Gasteiger partial charge in [-0.1, -0.05) is 36.4 Å². The number of rotatable bonds is 7. The highest BCUT2D eigenvalue weighted by atomic mass is 16.4. The van der Waals surface area contributed by atoms with Gasteiger partial charge in [0.15, 0.2) is 0 Å². The van der Waals surface area contributed by atoms with E-state index in [2.05, 4.69) is 0 Å². The van der Waals surface area contributed by atoms with E-state index in [1.807, 2.05) is 0 Å². The molecule has 0 radical (unpaired) electrons. The first-order chi connectivity index (χ1) is 10.9. The molecule has 0 spiro atoms. The van der Waals surface area contributed by atoms with E-state index in [0.29, 0.717) is 5.56 Å². The van der Waals surface area contributed by atoms with Gasteiger partial charge in [0.25, 0.3) is 0 Å². The first-order valence-corrected chi connectivity index (χ1v) is 7.07. The van der Waals surface area contributed by atoms with Gasteiger partial charge in [0.1, 0.15) is 5.78 Å². The van der Waals surface area contributed by atoms with Crippen molar-refractivity contribution in [3.63, 3.8) is 0 Å². The summed E-state index contributed by atoms with van der Waals surface area (Å²) in [5, 5.41) is 17.5. The molecule has 0 saturated heterocycles. The molecule has 0 aliphatic carbocycles. The molecule has 0 unspecified atom stereocenters. The van der Waals surface area contributed by atoms with Gasteiger partial charge in [0.2, 0.25) is 0 Å². The van der Waals surface area contributed by atoms with E-state index in [4.69, 9.17) is 10.2 Å². The normalized spacial score (nSPS) is 10.3. The summed E-state index contributed by atoms with van der Waals surface area (Å²) in [5.74, 6) is -1.87. The van der Waals surface area contributed by atoms with Crippen LogP contribution in [0.5, 0.6) is 0 Å². The van der Waals surface area contributed by atoms with Crippen molar-refractivity contribution in [2.75, 3.05) is 0 Å². The number of ketones is 1. The Morgan fingerprint density at radius 2 is 1.04 bits per heavy atom. The number of hydrogen-bond donors (Lipinski definition) is 2.